The molecule has 1 fully saturated rings. The number of pyridine rings is 2. The molecule has 0 saturated carbocycles. The monoisotopic (exact) mass is 283 g/mol. The lowest BCUT2D eigenvalue weighted by Gasteiger charge is -2.32. The minimum absolute atomic E-state index is 0.308. The number of nitrogens with zero attached hydrogens (tertiary/aromatic N) is 3. The largest absolute Gasteiger partial charge is 0.371 e. The molecule has 0 aromatic carbocycles. The summed E-state index contributed by atoms with van der Waals surface area (Å²) in [5.74, 6) is 0. The van der Waals surface area contributed by atoms with Gasteiger partial charge in [0.2, 0.25) is 0 Å². The molecule has 1 saturated heterocycles. The van der Waals surface area contributed by atoms with Crippen molar-refractivity contribution in [1.82, 2.24) is 14.9 Å². The Morgan fingerprint density at radius 3 is 2.86 bits per heavy atom. The van der Waals surface area contributed by atoms with Crippen LogP contribution in [0.5, 0.6) is 0 Å². The van der Waals surface area contributed by atoms with Crippen molar-refractivity contribution < 1.29 is 4.74 Å². The molecule has 110 valence electrons. The van der Waals surface area contributed by atoms with Crippen LogP contribution in [0.2, 0.25) is 0 Å². The van der Waals surface area contributed by atoms with Crippen molar-refractivity contribution >= 4 is 0 Å². The number of hydrogen-bond acceptors (Lipinski definition) is 4. The smallest absolute Gasteiger partial charge is 0.0892 e. The molecule has 4 nitrogen and oxygen atoms in total. The average Bonchev–Trinajstić information content (AvgIpc) is 2.55. The fourth-order valence-corrected chi connectivity index (χ4v) is 2.73. The zero-order valence-corrected chi connectivity index (χ0v) is 12.2. The zero-order chi connectivity index (χ0) is 14.3. The van der Waals surface area contributed by atoms with Crippen molar-refractivity contribution in [2.75, 3.05) is 13.1 Å². The molecule has 2 aromatic rings. The summed E-state index contributed by atoms with van der Waals surface area (Å²) in [4.78, 5) is 10.8. The molecule has 0 amide bonds. The molecule has 1 aliphatic rings. The van der Waals surface area contributed by atoms with Crippen LogP contribution < -0.4 is 0 Å². The van der Waals surface area contributed by atoms with E-state index in [9.17, 15) is 0 Å². The van der Waals surface area contributed by atoms with Gasteiger partial charge < -0.3 is 4.74 Å². The van der Waals surface area contributed by atoms with Crippen LogP contribution >= 0.6 is 0 Å². The van der Waals surface area contributed by atoms with Gasteiger partial charge in [0.25, 0.3) is 0 Å². The van der Waals surface area contributed by atoms with Crippen LogP contribution in [0.4, 0.5) is 0 Å². The van der Waals surface area contributed by atoms with E-state index in [4.69, 9.17) is 4.74 Å². The molecule has 0 aliphatic carbocycles. The van der Waals surface area contributed by atoms with Gasteiger partial charge in [0, 0.05) is 31.7 Å². The van der Waals surface area contributed by atoms with E-state index in [2.05, 4.69) is 27.0 Å². The van der Waals surface area contributed by atoms with Crippen molar-refractivity contribution in [3.63, 3.8) is 0 Å². The molecule has 0 N–H and O–H groups in total. The molecule has 4 heteroatoms. The lowest BCUT2D eigenvalue weighted by molar-refractivity contribution is -0.0132. The molecule has 3 rings (SSSR count). The summed E-state index contributed by atoms with van der Waals surface area (Å²) < 4.78 is 6.02. The third-order valence-electron chi connectivity index (χ3n) is 3.81. The van der Waals surface area contributed by atoms with Crippen LogP contribution in [0.25, 0.3) is 0 Å². The Bertz CT molecular complexity index is 532. The first-order chi connectivity index (χ1) is 10.4. The number of likely N-dealkylation sites (tertiary alicyclic amines) is 1. The lowest BCUT2D eigenvalue weighted by atomic mass is 10.1. The lowest BCUT2D eigenvalue weighted by Crippen LogP contribution is -2.39. The summed E-state index contributed by atoms with van der Waals surface area (Å²) in [6.45, 7) is 3.72. The third-order valence-corrected chi connectivity index (χ3v) is 3.81. The van der Waals surface area contributed by atoms with Crippen molar-refractivity contribution in [1.29, 1.82) is 0 Å². The molecule has 0 bridgehead atoms. The third kappa shape index (κ3) is 4.34. The normalized spacial score (nSPS) is 19.5. The minimum Gasteiger partial charge on any atom is -0.371 e. The van der Waals surface area contributed by atoms with E-state index in [1.165, 1.54) is 12.0 Å². The molecule has 21 heavy (non-hydrogen) atoms. The van der Waals surface area contributed by atoms with E-state index in [-0.39, 0.29) is 0 Å². The maximum atomic E-state index is 6.02. The number of aromatic nitrogens is 2. The van der Waals surface area contributed by atoms with Crippen LogP contribution in [-0.2, 0) is 17.9 Å². The van der Waals surface area contributed by atoms with Gasteiger partial charge in [-0.2, -0.15) is 0 Å². The maximum absolute atomic E-state index is 6.02. The van der Waals surface area contributed by atoms with Gasteiger partial charge in [-0.1, -0.05) is 6.07 Å². The molecule has 1 atom stereocenters. The first kappa shape index (κ1) is 14.2. The van der Waals surface area contributed by atoms with Gasteiger partial charge in [0.15, 0.2) is 0 Å². The predicted octanol–water partition coefficient (Wildman–Crippen LogP) is 2.66. The molecule has 0 spiro atoms. The van der Waals surface area contributed by atoms with Crippen LogP contribution in [0.3, 0.4) is 0 Å². The van der Waals surface area contributed by atoms with Crippen LogP contribution in [0.15, 0.2) is 48.9 Å². The Kier molecular flexibility index (Phi) is 4.92. The Morgan fingerprint density at radius 1 is 1.14 bits per heavy atom. The van der Waals surface area contributed by atoms with Gasteiger partial charge >= 0.3 is 0 Å². The van der Waals surface area contributed by atoms with Crippen LogP contribution in [-0.4, -0.2) is 34.1 Å². The minimum atomic E-state index is 0.308. The molecule has 0 radical (unpaired) electrons. The SMILES string of the molecule is c1ccc(COC2CCCN(Cc3ccncc3)C2)nc1. The van der Waals surface area contributed by atoms with E-state index in [0.29, 0.717) is 12.7 Å². The molecular formula is C17H21N3O. The second kappa shape index (κ2) is 7.29. The standard InChI is InChI=1S/C17H21N3O/c1-2-8-19-16(4-1)14-21-17-5-3-11-20(13-17)12-15-6-9-18-10-7-15/h1-2,4,6-10,17H,3,5,11-14H2. The molecular weight excluding hydrogens is 262 g/mol. The van der Waals surface area contributed by atoms with Gasteiger partial charge in [0.1, 0.15) is 0 Å². The Labute approximate surface area is 125 Å². The van der Waals surface area contributed by atoms with Crippen molar-refractivity contribution in [2.24, 2.45) is 0 Å². The molecule has 2 aromatic heterocycles. The van der Waals surface area contributed by atoms with Crippen molar-refractivity contribution in [3.05, 3.63) is 60.2 Å². The van der Waals surface area contributed by atoms with Crippen LogP contribution in [0, 0.1) is 0 Å². The molecule has 1 aliphatic heterocycles. The highest BCUT2D eigenvalue weighted by molar-refractivity contribution is 5.09. The summed E-state index contributed by atoms with van der Waals surface area (Å²) in [5.41, 5.74) is 2.32. The summed E-state index contributed by atoms with van der Waals surface area (Å²) in [6, 6.07) is 10.1. The number of piperidine rings is 1. The number of ether oxygens (including phenoxy) is 1. The number of rotatable bonds is 5. The Balaban J connectivity index is 1.49. The topological polar surface area (TPSA) is 38.2 Å². The summed E-state index contributed by atoms with van der Waals surface area (Å²) in [6.07, 6.45) is 8.16. The number of hydrogen-bond donors (Lipinski definition) is 0. The van der Waals surface area contributed by atoms with Crippen LogP contribution in [0.1, 0.15) is 24.1 Å². The summed E-state index contributed by atoms with van der Waals surface area (Å²) in [5, 5.41) is 0. The zero-order valence-electron chi connectivity index (χ0n) is 12.2. The van der Waals surface area contributed by atoms with E-state index < -0.39 is 0 Å². The first-order valence-corrected chi connectivity index (χ1v) is 7.53. The first-order valence-electron chi connectivity index (χ1n) is 7.53. The van der Waals surface area contributed by atoms with Gasteiger partial charge in [-0.3, -0.25) is 14.9 Å². The molecule has 1 unspecified atom stereocenters. The van der Waals surface area contributed by atoms with Gasteiger partial charge in [-0.25, -0.2) is 0 Å². The average molecular weight is 283 g/mol. The fraction of sp³-hybridized carbons (Fsp3) is 0.412. The quantitative estimate of drug-likeness (QED) is 0.845. The van der Waals surface area contributed by atoms with Crippen molar-refractivity contribution in [2.45, 2.75) is 32.1 Å². The molecule has 3 heterocycles. The van der Waals surface area contributed by atoms with E-state index in [1.54, 1.807) is 0 Å². The Hall–Kier alpha value is -1.78. The maximum Gasteiger partial charge on any atom is 0.0892 e. The predicted molar refractivity (Wildman–Crippen MR) is 81.6 cm³/mol. The van der Waals surface area contributed by atoms with Gasteiger partial charge in [0.05, 0.1) is 18.4 Å². The fourth-order valence-electron chi connectivity index (χ4n) is 2.73. The van der Waals surface area contributed by atoms with E-state index >= 15 is 0 Å². The highest BCUT2D eigenvalue weighted by Gasteiger charge is 2.20. The summed E-state index contributed by atoms with van der Waals surface area (Å²) >= 11 is 0. The second-order valence-corrected chi connectivity index (χ2v) is 5.49. The van der Waals surface area contributed by atoms with Gasteiger partial charge in [-0.05, 0) is 49.2 Å². The highest BCUT2D eigenvalue weighted by atomic mass is 16.5. The summed E-state index contributed by atoms with van der Waals surface area (Å²) in [7, 11) is 0. The highest BCUT2D eigenvalue weighted by Crippen LogP contribution is 2.16. The Morgan fingerprint density at radius 2 is 2.05 bits per heavy atom. The van der Waals surface area contributed by atoms with Gasteiger partial charge in [-0.15, -0.1) is 0 Å². The van der Waals surface area contributed by atoms with Crippen molar-refractivity contribution in [3.8, 4) is 0 Å². The second-order valence-electron chi connectivity index (χ2n) is 5.49. The van der Waals surface area contributed by atoms with E-state index in [1.807, 2.05) is 36.8 Å². The van der Waals surface area contributed by atoms with E-state index in [0.717, 1.165) is 31.7 Å².